The molecular weight excluding hydrogens is 283 g/mol. The minimum Gasteiger partial charge on any atom is -0.355 e. The van der Waals surface area contributed by atoms with Gasteiger partial charge in [0.25, 0.3) is 6.71 Å². The van der Waals surface area contributed by atoms with Crippen molar-refractivity contribution < 1.29 is 0 Å². The van der Waals surface area contributed by atoms with E-state index in [1.165, 1.54) is 0 Å². The van der Waals surface area contributed by atoms with Crippen LogP contribution in [0.25, 0.3) is 10.9 Å². The average Bonchev–Trinajstić information content (AvgIpc) is 2.98. The number of fused-ring (bicyclic) bond motifs is 1. The van der Waals surface area contributed by atoms with Crippen molar-refractivity contribution in [2.75, 3.05) is 18.0 Å². The quantitative estimate of drug-likeness (QED) is 0.759. The summed E-state index contributed by atoms with van der Waals surface area (Å²) in [5.41, 5.74) is 2.92. The maximum absolute atomic E-state index is 9.64. The molecule has 0 radical (unpaired) electrons. The molecule has 0 bridgehead atoms. The van der Waals surface area contributed by atoms with Crippen LogP contribution in [0.5, 0.6) is 0 Å². The fourth-order valence-electron chi connectivity index (χ4n) is 4.25. The van der Waals surface area contributed by atoms with Gasteiger partial charge in [0.1, 0.15) is 11.9 Å². The van der Waals surface area contributed by atoms with Crippen molar-refractivity contribution in [2.24, 2.45) is 5.41 Å². The van der Waals surface area contributed by atoms with Crippen LogP contribution in [-0.4, -0.2) is 24.8 Å². The lowest BCUT2D eigenvalue weighted by molar-refractivity contribution is 0.370. The molecule has 23 heavy (non-hydrogen) atoms. The molecule has 2 fully saturated rings. The van der Waals surface area contributed by atoms with Crippen molar-refractivity contribution in [3.63, 3.8) is 0 Å². The van der Waals surface area contributed by atoms with Gasteiger partial charge in [0, 0.05) is 24.4 Å². The Morgan fingerprint density at radius 2 is 2.04 bits per heavy atom. The highest BCUT2D eigenvalue weighted by Gasteiger charge is 2.51. The lowest BCUT2D eigenvalue weighted by Gasteiger charge is -2.40. The van der Waals surface area contributed by atoms with E-state index in [1.54, 1.807) is 0 Å². The molecule has 112 valence electrons. The fraction of sp³-hybridized carbons (Fsp3) is 0.389. The molecule has 0 saturated carbocycles. The van der Waals surface area contributed by atoms with Crippen LogP contribution in [0.1, 0.15) is 17.5 Å². The SMILES string of the molecule is Cc1c(C#N)c(N2CCC3(CB(C#N)C3)C2)nc2ccccc12. The van der Waals surface area contributed by atoms with Crippen molar-refractivity contribution in [2.45, 2.75) is 26.0 Å². The number of rotatable bonds is 1. The van der Waals surface area contributed by atoms with E-state index in [-0.39, 0.29) is 12.1 Å². The first-order valence-corrected chi connectivity index (χ1v) is 8.10. The molecule has 1 spiro atoms. The molecule has 2 aromatic rings. The highest BCUT2D eigenvalue weighted by molar-refractivity contribution is 6.70. The normalized spacial score (nSPS) is 18.7. The second kappa shape index (κ2) is 5.00. The van der Waals surface area contributed by atoms with Gasteiger partial charge in [0.05, 0.1) is 11.1 Å². The van der Waals surface area contributed by atoms with Gasteiger partial charge in [0.15, 0.2) is 0 Å². The Hall–Kier alpha value is -2.53. The zero-order valence-corrected chi connectivity index (χ0v) is 13.2. The third kappa shape index (κ3) is 2.08. The molecule has 1 aromatic carbocycles. The van der Waals surface area contributed by atoms with E-state index in [0.29, 0.717) is 5.56 Å². The number of hydrogen-bond acceptors (Lipinski definition) is 4. The van der Waals surface area contributed by atoms with Crippen molar-refractivity contribution in [1.29, 1.82) is 10.5 Å². The Balaban J connectivity index is 1.73. The molecule has 0 amide bonds. The van der Waals surface area contributed by atoms with Gasteiger partial charge in [0.2, 0.25) is 0 Å². The van der Waals surface area contributed by atoms with Gasteiger partial charge in [-0.25, -0.2) is 10.2 Å². The Bertz CT molecular complexity index is 871. The topological polar surface area (TPSA) is 63.7 Å². The monoisotopic (exact) mass is 300 g/mol. The van der Waals surface area contributed by atoms with Crippen LogP contribution in [0.2, 0.25) is 12.6 Å². The largest absolute Gasteiger partial charge is 0.355 e. The number of benzene rings is 1. The number of nitrogens with zero attached hydrogens (tertiary/aromatic N) is 4. The second-order valence-electron chi connectivity index (χ2n) is 6.97. The minimum atomic E-state index is 0.219. The van der Waals surface area contributed by atoms with Gasteiger partial charge in [-0.2, -0.15) is 5.26 Å². The first-order chi connectivity index (χ1) is 11.2. The van der Waals surface area contributed by atoms with Crippen molar-refractivity contribution >= 4 is 23.4 Å². The summed E-state index contributed by atoms with van der Waals surface area (Å²) in [6.07, 6.45) is 3.09. The number of pyridine rings is 1. The predicted molar refractivity (Wildman–Crippen MR) is 91.4 cm³/mol. The van der Waals surface area contributed by atoms with Crippen LogP contribution in [0.4, 0.5) is 5.82 Å². The Morgan fingerprint density at radius 1 is 1.26 bits per heavy atom. The summed E-state index contributed by atoms with van der Waals surface area (Å²) in [5.74, 6) is 3.20. The standard InChI is InChI=1S/C18H17BN4/c1-13-14-4-2-3-5-16(14)22-17(15(13)8-20)23-7-6-18(11-23)9-19(10-18)12-21/h2-5H,6-7,9-11H2,1H3. The molecule has 0 unspecified atom stereocenters. The minimum absolute atomic E-state index is 0.219. The summed E-state index contributed by atoms with van der Waals surface area (Å²) < 4.78 is 0. The van der Waals surface area contributed by atoms with Crippen LogP contribution in [0, 0.1) is 34.9 Å². The maximum atomic E-state index is 9.64. The molecule has 2 saturated heterocycles. The predicted octanol–water partition coefficient (Wildman–Crippen LogP) is 3.18. The van der Waals surface area contributed by atoms with E-state index in [9.17, 15) is 5.26 Å². The van der Waals surface area contributed by atoms with Gasteiger partial charge in [-0.05, 0) is 30.4 Å². The summed E-state index contributed by atoms with van der Waals surface area (Å²) >= 11 is 0. The number of aromatic nitrogens is 1. The van der Waals surface area contributed by atoms with Gasteiger partial charge < -0.3 is 4.90 Å². The summed E-state index contributed by atoms with van der Waals surface area (Å²) in [6, 6.07) is 10.4. The second-order valence-corrected chi connectivity index (χ2v) is 6.97. The fourth-order valence-corrected chi connectivity index (χ4v) is 4.25. The van der Waals surface area contributed by atoms with E-state index in [1.807, 2.05) is 31.2 Å². The van der Waals surface area contributed by atoms with Crippen molar-refractivity contribution in [3.8, 4) is 12.0 Å². The summed E-state index contributed by atoms with van der Waals surface area (Å²) in [5, 5.41) is 19.7. The molecule has 2 aliphatic heterocycles. The number of anilines is 1. The number of hydrogen-bond donors (Lipinski definition) is 0. The number of para-hydroxylation sites is 1. The molecule has 4 nitrogen and oxygen atoms in total. The van der Waals surface area contributed by atoms with Gasteiger partial charge >= 0.3 is 0 Å². The highest BCUT2D eigenvalue weighted by Crippen LogP contribution is 2.50. The molecule has 1 aromatic heterocycles. The number of aryl methyl sites for hydroxylation is 1. The van der Waals surface area contributed by atoms with Gasteiger partial charge in [-0.15, -0.1) is 0 Å². The van der Waals surface area contributed by atoms with E-state index >= 15 is 0 Å². The van der Waals surface area contributed by atoms with Crippen LogP contribution in [0.15, 0.2) is 24.3 Å². The lowest BCUT2D eigenvalue weighted by atomic mass is 9.27. The van der Waals surface area contributed by atoms with Crippen LogP contribution in [-0.2, 0) is 0 Å². The Kier molecular flexibility index (Phi) is 3.06. The summed E-state index contributed by atoms with van der Waals surface area (Å²) in [6.45, 7) is 4.08. The smallest absolute Gasteiger partial charge is 0.269 e. The van der Waals surface area contributed by atoms with E-state index in [2.05, 4.69) is 16.9 Å². The van der Waals surface area contributed by atoms with Crippen LogP contribution in [0.3, 0.4) is 0 Å². The molecular formula is C18H17BN4. The zero-order valence-electron chi connectivity index (χ0n) is 13.2. The third-order valence-corrected chi connectivity index (χ3v) is 5.52. The first kappa shape index (κ1) is 14.1. The van der Waals surface area contributed by atoms with E-state index < -0.39 is 0 Å². The molecule has 0 N–H and O–H groups in total. The van der Waals surface area contributed by atoms with Crippen molar-refractivity contribution in [3.05, 3.63) is 35.4 Å². The zero-order chi connectivity index (χ0) is 16.0. The van der Waals surface area contributed by atoms with Crippen LogP contribution >= 0.6 is 0 Å². The molecule has 5 heteroatoms. The summed E-state index contributed by atoms with van der Waals surface area (Å²) in [7, 11) is 0. The van der Waals surface area contributed by atoms with Gasteiger partial charge in [-0.1, -0.05) is 30.8 Å². The Labute approximate surface area is 136 Å². The highest BCUT2D eigenvalue weighted by atomic mass is 15.2. The van der Waals surface area contributed by atoms with Gasteiger partial charge in [-0.3, -0.25) is 0 Å². The van der Waals surface area contributed by atoms with Crippen LogP contribution < -0.4 is 4.90 Å². The molecule has 4 rings (SSSR count). The first-order valence-electron chi connectivity index (χ1n) is 8.10. The Morgan fingerprint density at radius 3 is 2.78 bits per heavy atom. The maximum Gasteiger partial charge on any atom is 0.269 e. The lowest BCUT2D eigenvalue weighted by Crippen LogP contribution is -2.43. The average molecular weight is 300 g/mol. The third-order valence-electron chi connectivity index (χ3n) is 5.52. The molecule has 0 aliphatic carbocycles. The van der Waals surface area contributed by atoms with E-state index in [4.69, 9.17) is 10.2 Å². The molecule has 3 heterocycles. The van der Waals surface area contributed by atoms with Crippen molar-refractivity contribution in [1.82, 2.24) is 4.98 Å². The molecule has 0 atom stereocenters. The number of nitriles is 2. The summed E-state index contributed by atoms with van der Waals surface area (Å²) in [4.78, 5) is 7.05. The molecule has 2 aliphatic rings. The van der Waals surface area contributed by atoms with E-state index in [0.717, 1.165) is 54.4 Å².